The SMILES string of the molecule is CC(NC(=O)Nc1ccc2ccn(C)c(=O)c2c1)C1OCCc2sccc21. The van der Waals surface area contributed by atoms with Gasteiger partial charge in [-0.2, -0.15) is 0 Å². The predicted molar refractivity (Wildman–Crippen MR) is 108 cm³/mol. The van der Waals surface area contributed by atoms with Gasteiger partial charge < -0.3 is 19.9 Å². The summed E-state index contributed by atoms with van der Waals surface area (Å²) in [4.78, 5) is 26.0. The standard InChI is InChI=1S/C20H21N3O3S/c1-12(18-15-7-10-27-17(15)6-9-26-18)21-20(25)22-14-4-3-13-5-8-23(2)19(24)16(13)11-14/h3-5,7-8,10-12,18H,6,9H2,1-2H3,(H2,21,22,25). The third-order valence-corrected chi connectivity index (χ3v) is 5.86. The number of amides is 2. The van der Waals surface area contributed by atoms with Crippen molar-refractivity contribution in [2.45, 2.75) is 25.5 Å². The monoisotopic (exact) mass is 383 g/mol. The molecule has 27 heavy (non-hydrogen) atoms. The van der Waals surface area contributed by atoms with E-state index < -0.39 is 0 Å². The number of hydrogen-bond donors (Lipinski definition) is 2. The maximum Gasteiger partial charge on any atom is 0.319 e. The molecule has 2 amide bonds. The number of thiophene rings is 1. The molecule has 0 radical (unpaired) electrons. The largest absolute Gasteiger partial charge is 0.371 e. The van der Waals surface area contributed by atoms with Gasteiger partial charge in [-0.3, -0.25) is 4.79 Å². The normalized spacial score (nSPS) is 17.3. The summed E-state index contributed by atoms with van der Waals surface area (Å²) < 4.78 is 7.40. The molecule has 2 aromatic heterocycles. The Morgan fingerprint density at radius 3 is 3.04 bits per heavy atom. The topological polar surface area (TPSA) is 72.4 Å². The first-order chi connectivity index (χ1) is 13.0. The molecule has 1 aromatic carbocycles. The fraction of sp³-hybridized carbons (Fsp3) is 0.300. The number of anilines is 1. The molecule has 0 saturated carbocycles. The molecule has 7 heteroatoms. The lowest BCUT2D eigenvalue weighted by Crippen LogP contribution is -2.41. The zero-order chi connectivity index (χ0) is 19.0. The fourth-order valence-corrected chi connectivity index (χ4v) is 4.35. The van der Waals surface area contributed by atoms with E-state index in [0.29, 0.717) is 17.7 Å². The number of urea groups is 1. The number of rotatable bonds is 3. The Balaban J connectivity index is 1.48. The van der Waals surface area contributed by atoms with Crippen LogP contribution in [0.3, 0.4) is 0 Å². The molecule has 3 aromatic rings. The summed E-state index contributed by atoms with van der Waals surface area (Å²) in [5, 5.41) is 9.25. The van der Waals surface area contributed by atoms with Gasteiger partial charge in [0.05, 0.1) is 12.6 Å². The molecule has 140 valence electrons. The fourth-order valence-electron chi connectivity index (χ4n) is 3.45. The van der Waals surface area contributed by atoms with E-state index in [9.17, 15) is 9.59 Å². The smallest absolute Gasteiger partial charge is 0.319 e. The molecule has 1 aliphatic rings. The van der Waals surface area contributed by atoms with Crippen molar-refractivity contribution >= 4 is 33.8 Å². The maximum absolute atomic E-state index is 12.4. The van der Waals surface area contributed by atoms with Crippen molar-refractivity contribution < 1.29 is 9.53 Å². The van der Waals surface area contributed by atoms with Crippen molar-refractivity contribution in [2.24, 2.45) is 7.05 Å². The molecule has 0 spiro atoms. The van der Waals surface area contributed by atoms with Crippen LogP contribution in [0.15, 0.2) is 46.7 Å². The van der Waals surface area contributed by atoms with Crippen LogP contribution in [0.2, 0.25) is 0 Å². The van der Waals surface area contributed by atoms with Gasteiger partial charge in [0.2, 0.25) is 0 Å². The highest BCUT2D eigenvalue weighted by Gasteiger charge is 2.28. The van der Waals surface area contributed by atoms with E-state index in [4.69, 9.17) is 4.74 Å². The number of hydrogen-bond acceptors (Lipinski definition) is 4. The third kappa shape index (κ3) is 3.48. The predicted octanol–water partition coefficient (Wildman–Crippen LogP) is 3.42. The van der Waals surface area contributed by atoms with Crippen molar-refractivity contribution in [3.63, 3.8) is 0 Å². The summed E-state index contributed by atoms with van der Waals surface area (Å²) in [6.07, 6.45) is 2.51. The van der Waals surface area contributed by atoms with Crippen LogP contribution in [0, 0.1) is 0 Å². The summed E-state index contributed by atoms with van der Waals surface area (Å²) in [5.41, 5.74) is 1.65. The number of nitrogens with zero attached hydrogens (tertiary/aromatic N) is 1. The van der Waals surface area contributed by atoms with Crippen molar-refractivity contribution in [2.75, 3.05) is 11.9 Å². The quantitative estimate of drug-likeness (QED) is 0.728. The van der Waals surface area contributed by atoms with Crippen LogP contribution in [-0.4, -0.2) is 23.2 Å². The van der Waals surface area contributed by atoms with E-state index in [1.807, 2.05) is 19.1 Å². The number of carbonyl (C=O) groups is 1. The highest BCUT2D eigenvalue weighted by atomic mass is 32.1. The number of fused-ring (bicyclic) bond motifs is 2. The Kier molecular flexibility index (Phi) is 4.72. The molecule has 2 unspecified atom stereocenters. The van der Waals surface area contributed by atoms with Gasteiger partial charge in [0.15, 0.2) is 0 Å². The second-order valence-electron chi connectivity index (χ2n) is 6.76. The molecule has 0 aliphatic carbocycles. The second kappa shape index (κ2) is 7.17. The summed E-state index contributed by atoms with van der Waals surface area (Å²) in [6.45, 7) is 2.60. The van der Waals surface area contributed by atoms with Crippen molar-refractivity contribution in [3.8, 4) is 0 Å². The van der Waals surface area contributed by atoms with Crippen LogP contribution in [0.1, 0.15) is 23.5 Å². The first kappa shape index (κ1) is 17.8. The van der Waals surface area contributed by atoms with E-state index in [1.54, 1.807) is 36.7 Å². The van der Waals surface area contributed by atoms with Crippen LogP contribution in [0.25, 0.3) is 10.8 Å². The lowest BCUT2D eigenvalue weighted by Gasteiger charge is -2.29. The minimum atomic E-state index is -0.319. The van der Waals surface area contributed by atoms with E-state index in [-0.39, 0.29) is 23.7 Å². The second-order valence-corrected chi connectivity index (χ2v) is 7.76. The van der Waals surface area contributed by atoms with Crippen LogP contribution in [-0.2, 0) is 18.2 Å². The highest BCUT2D eigenvalue weighted by molar-refractivity contribution is 7.10. The number of aromatic nitrogens is 1. The lowest BCUT2D eigenvalue weighted by molar-refractivity contribution is 0.0238. The number of ether oxygens (including phenoxy) is 1. The molecule has 2 N–H and O–H groups in total. The van der Waals surface area contributed by atoms with Crippen LogP contribution in [0.5, 0.6) is 0 Å². The minimum absolute atomic E-state index is 0.0921. The van der Waals surface area contributed by atoms with Gasteiger partial charge in [-0.25, -0.2) is 4.79 Å². The summed E-state index contributed by atoms with van der Waals surface area (Å²) in [5.74, 6) is 0. The number of nitrogens with one attached hydrogen (secondary N) is 2. The van der Waals surface area contributed by atoms with Crippen molar-refractivity contribution in [1.82, 2.24) is 9.88 Å². The Hall–Kier alpha value is -2.64. The average molecular weight is 383 g/mol. The van der Waals surface area contributed by atoms with Gasteiger partial charge >= 0.3 is 6.03 Å². The summed E-state index contributed by atoms with van der Waals surface area (Å²) in [6, 6.07) is 8.78. The van der Waals surface area contributed by atoms with Gasteiger partial charge in [-0.1, -0.05) is 6.07 Å². The lowest BCUT2D eigenvalue weighted by atomic mass is 10.0. The van der Waals surface area contributed by atoms with Gasteiger partial charge in [0.25, 0.3) is 5.56 Å². The molecule has 1 aliphatic heterocycles. The van der Waals surface area contributed by atoms with Gasteiger partial charge in [-0.05, 0) is 47.5 Å². The number of carbonyl (C=O) groups excluding carboxylic acids is 1. The van der Waals surface area contributed by atoms with E-state index in [2.05, 4.69) is 22.1 Å². The molecule has 0 bridgehead atoms. The molecular formula is C20H21N3O3S. The summed E-state index contributed by atoms with van der Waals surface area (Å²) in [7, 11) is 1.71. The number of pyridine rings is 1. The number of aryl methyl sites for hydroxylation is 1. The van der Waals surface area contributed by atoms with Gasteiger partial charge in [0.1, 0.15) is 6.10 Å². The third-order valence-electron chi connectivity index (χ3n) is 4.87. The molecule has 4 rings (SSSR count). The molecule has 0 fully saturated rings. The van der Waals surface area contributed by atoms with Crippen LogP contribution >= 0.6 is 11.3 Å². The van der Waals surface area contributed by atoms with E-state index in [1.165, 1.54) is 9.44 Å². The Bertz CT molecular complexity index is 1060. The van der Waals surface area contributed by atoms with Gasteiger partial charge in [0, 0.05) is 35.6 Å². The molecule has 6 nitrogen and oxygen atoms in total. The Labute approximate surface area is 160 Å². The van der Waals surface area contributed by atoms with E-state index >= 15 is 0 Å². The Morgan fingerprint density at radius 1 is 1.33 bits per heavy atom. The molecular weight excluding hydrogens is 362 g/mol. The van der Waals surface area contributed by atoms with Crippen molar-refractivity contribution in [1.29, 1.82) is 0 Å². The first-order valence-electron chi connectivity index (χ1n) is 8.88. The zero-order valence-electron chi connectivity index (χ0n) is 15.2. The number of benzene rings is 1. The van der Waals surface area contributed by atoms with Crippen LogP contribution in [0.4, 0.5) is 10.5 Å². The van der Waals surface area contributed by atoms with E-state index in [0.717, 1.165) is 17.4 Å². The van der Waals surface area contributed by atoms with Gasteiger partial charge in [-0.15, -0.1) is 11.3 Å². The summed E-state index contributed by atoms with van der Waals surface area (Å²) >= 11 is 1.73. The van der Waals surface area contributed by atoms with Crippen LogP contribution < -0.4 is 16.2 Å². The zero-order valence-corrected chi connectivity index (χ0v) is 16.0. The highest BCUT2D eigenvalue weighted by Crippen LogP contribution is 2.33. The molecule has 2 atom stereocenters. The maximum atomic E-state index is 12.4. The first-order valence-corrected chi connectivity index (χ1v) is 9.75. The minimum Gasteiger partial charge on any atom is -0.371 e. The molecule has 0 saturated heterocycles. The van der Waals surface area contributed by atoms with Crippen molar-refractivity contribution in [3.05, 3.63) is 62.7 Å². The molecule has 3 heterocycles. The average Bonchev–Trinajstić information content (AvgIpc) is 3.13. The Morgan fingerprint density at radius 2 is 2.19 bits per heavy atom.